The van der Waals surface area contributed by atoms with Gasteiger partial charge in [-0.1, -0.05) is 13.3 Å². The molecule has 0 aromatic carbocycles. The molecule has 0 aromatic rings. The molecule has 4 nitrogen and oxygen atoms in total. The summed E-state index contributed by atoms with van der Waals surface area (Å²) < 4.78 is 4.97. The molecule has 21 heavy (non-hydrogen) atoms. The van der Waals surface area contributed by atoms with Crippen molar-refractivity contribution in [1.82, 2.24) is 10.2 Å². The van der Waals surface area contributed by atoms with Crippen LogP contribution in [0.5, 0.6) is 0 Å². The van der Waals surface area contributed by atoms with Crippen LogP contribution < -0.4 is 5.32 Å². The molecule has 0 aromatic heterocycles. The highest BCUT2D eigenvalue weighted by molar-refractivity contribution is 5.80. The van der Waals surface area contributed by atoms with Gasteiger partial charge in [0, 0.05) is 6.04 Å². The standard InChI is InChI=1S/C17H34N2O2/c1-6-15-8-12-19(13-9-15)11-7-10-17(4,16(20)21-5)18-14(2)3/h14-15,18H,6-13H2,1-5H3. The Balaban J connectivity index is 2.38. The van der Waals surface area contributed by atoms with E-state index in [1.807, 2.05) is 6.92 Å². The molecule has 1 unspecified atom stereocenters. The van der Waals surface area contributed by atoms with Gasteiger partial charge in [0.05, 0.1) is 7.11 Å². The van der Waals surface area contributed by atoms with E-state index in [0.717, 1.165) is 25.3 Å². The van der Waals surface area contributed by atoms with Crippen LogP contribution in [0.15, 0.2) is 0 Å². The Kier molecular flexibility index (Phi) is 7.67. The van der Waals surface area contributed by atoms with Gasteiger partial charge in [-0.2, -0.15) is 0 Å². The fourth-order valence-electron chi connectivity index (χ4n) is 3.37. The van der Waals surface area contributed by atoms with E-state index in [2.05, 4.69) is 31.0 Å². The first-order valence-corrected chi connectivity index (χ1v) is 8.49. The van der Waals surface area contributed by atoms with E-state index in [0.29, 0.717) is 0 Å². The molecule has 0 amide bonds. The van der Waals surface area contributed by atoms with Crippen molar-refractivity contribution in [1.29, 1.82) is 0 Å². The second-order valence-electron chi connectivity index (χ2n) is 6.92. The lowest BCUT2D eigenvalue weighted by Gasteiger charge is -2.34. The van der Waals surface area contributed by atoms with Crippen LogP contribution in [-0.4, -0.2) is 49.2 Å². The molecule has 4 heteroatoms. The number of rotatable bonds is 8. The van der Waals surface area contributed by atoms with Gasteiger partial charge in [0.2, 0.25) is 0 Å². The number of carbonyl (C=O) groups excluding carboxylic acids is 1. The lowest BCUT2D eigenvalue weighted by Crippen LogP contribution is -2.53. The molecule has 0 radical (unpaired) electrons. The number of esters is 1. The SMILES string of the molecule is CCC1CCN(CCCC(C)(NC(C)C)C(=O)OC)CC1. The van der Waals surface area contributed by atoms with Crippen LogP contribution in [0.2, 0.25) is 0 Å². The molecule has 1 N–H and O–H groups in total. The van der Waals surface area contributed by atoms with Crippen molar-refractivity contribution in [3.8, 4) is 0 Å². The summed E-state index contributed by atoms with van der Waals surface area (Å²) in [7, 11) is 1.47. The monoisotopic (exact) mass is 298 g/mol. The molecule has 0 spiro atoms. The number of nitrogens with one attached hydrogen (secondary N) is 1. The third-order valence-electron chi connectivity index (χ3n) is 4.68. The van der Waals surface area contributed by atoms with E-state index in [-0.39, 0.29) is 12.0 Å². The third-order valence-corrected chi connectivity index (χ3v) is 4.68. The summed E-state index contributed by atoms with van der Waals surface area (Å²) >= 11 is 0. The Bertz CT molecular complexity index is 312. The maximum atomic E-state index is 12.0. The van der Waals surface area contributed by atoms with Gasteiger partial charge in [-0.25, -0.2) is 0 Å². The smallest absolute Gasteiger partial charge is 0.325 e. The van der Waals surface area contributed by atoms with Crippen LogP contribution in [0, 0.1) is 5.92 Å². The van der Waals surface area contributed by atoms with Gasteiger partial charge in [-0.15, -0.1) is 0 Å². The lowest BCUT2D eigenvalue weighted by atomic mass is 9.92. The summed E-state index contributed by atoms with van der Waals surface area (Å²) in [5.74, 6) is 0.769. The van der Waals surface area contributed by atoms with Crippen molar-refractivity contribution in [2.75, 3.05) is 26.7 Å². The highest BCUT2D eigenvalue weighted by Crippen LogP contribution is 2.21. The van der Waals surface area contributed by atoms with Gasteiger partial charge in [-0.3, -0.25) is 10.1 Å². The molecular formula is C17H34N2O2. The normalized spacial score (nSPS) is 20.5. The van der Waals surface area contributed by atoms with Crippen LogP contribution in [0.25, 0.3) is 0 Å². The van der Waals surface area contributed by atoms with Crippen molar-refractivity contribution in [3.05, 3.63) is 0 Å². The van der Waals surface area contributed by atoms with Crippen molar-refractivity contribution in [3.63, 3.8) is 0 Å². The average molecular weight is 298 g/mol. The minimum absolute atomic E-state index is 0.152. The van der Waals surface area contributed by atoms with Gasteiger partial charge in [0.15, 0.2) is 0 Å². The molecule has 1 heterocycles. The van der Waals surface area contributed by atoms with Crippen molar-refractivity contribution >= 4 is 5.97 Å². The van der Waals surface area contributed by atoms with Crippen LogP contribution in [0.1, 0.15) is 59.8 Å². The van der Waals surface area contributed by atoms with E-state index >= 15 is 0 Å². The van der Waals surface area contributed by atoms with E-state index in [1.54, 1.807) is 0 Å². The minimum atomic E-state index is -0.565. The largest absolute Gasteiger partial charge is 0.468 e. The maximum Gasteiger partial charge on any atom is 0.325 e. The zero-order valence-corrected chi connectivity index (χ0v) is 14.6. The van der Waals surface area contributed by atoms with Crippen LogP contribution in [-0.2, 0) is 9.53 Å². The number of nitrogens with zero attached hydrogens (tertiary/aromatic N) is 1. The molecule has 0 bridgehead atoms. The van der Waals surface area contributed by atoms with Gasteiger partial charge in [-0.05, 0) is 72.0 Å². The summed E-state index contributed by atoms with van der Waals surface area (Å²) in [6, 6.07) is 0.273. The lowest BCUT2D eigenvalue weighted by molar-refractivity contribution is -0.148. The molecule has 1 fully saturated rings. The first kappa shape index (κ1) is 18.4. The molecule has 1 rings (SSSR count). The molecule has 1 aliphatic rings. The Morgan fingerprint density at radius 2 is 2.00 bits per heavy atom. The fraction of sp³-hybridized carbons (Fsp3) is 0.941. The van der Waals surface area contributed by atoms with Crippen molar-refractivity contribution in [2.45, 2.75) is 71.4 Å². The van der Waals surface area contributed by atoms with Gasteiger partial charge >= 0.3 is 5.97 Å². The Labute approximate surface area is 130 Å². The third kappa shape index (κ3) is 5.95. The number of methoxy groups -OCH3 is 1. The average Bonchev–Trinajstić information content (AvgIpc) is 2.46. The molecular weight excluding hydrogens is 264 g/mol. The molecule has 1 saturated heterocycles. The molecule has 1 aliphatic heterocycles. The Morgan fingerprint density at radius 3 is 2.48 bits per heavy atom. The molecule has 0 aliphatic carbocycles. The molecule has 1 atom stereocenters. The first-order valence-electron chi connectivity index (χ1n) is 8.49. The number of hydrogen-bond donors (Lipinski definition) is 1. The predicted molar refractivity (Wildman–Crippen MR) is 87.4 cm³/mol. The topological polar surface area (TPSA) is 41.6 Å². The summed E-state index contributed by atoms with van der Waals surface area (Å²) in [6.45, 7) is 11.9. The number of piperidine rings is 1. The predicted octanol–water partition coefficient (Wildman–Crippen LogP) is 2.82. The Morgan fingerprint density at radius 1 is 1.38 bits per heavy atom. The van der Waals surface area contributed by atoms with Gasteiger partial charge in [0.1, 0.15) is 5.54 Å². The van der Waals surface area contributed by atoms with Crippen molar-refractivity contribution < 1.29 is 9.53 Å². The summed E-state index contributed by atoms with van der Waals surface area (Å²) in [6.07, 6.45) is 5.82. The van der Waals surface area contributed by atoms with E-state index < -0.39 is 5.54 Å². The zero-order valence-electron chi connectivity index (χ0n) is 14.6. The van der Waals surface area contributed by atoms with Crippen molar-refractivity contribution in [2.24, 2.45) is 5.92 Å². The summed E-state index contributed by atoms with van der Waals surface area (Å²) in [5, 5.41) is 3.37. The fourth-order valence-corrected chi connectivity index (χ4v) is 3.37. The van der Waals surface area contributed by atoms with Crippen LogP contribution in [0.4, 0.5) is 0 Å². The number of carbonyl (C=O) groups is 1. The maximum absolute atomic E-state index is 12.0. The summed E-state index contributed by atoms with van der Waals surface area (Å²) in [4.78, 5) is 14.6. The number of ether oxygens (including phenoxy) is 1. The minimum Gasteiger partial charge on any atom is -0.468 e. The van der Waals surface area contributed by atoms with Crippen LogP contribution >= 0.6 is 0 Å². The molecule has 0 saturated carbocycles. The molecule has 124 valence electrons. The highest BCUT2D eigenvalue weighted by Gasteiger charge is 2.34. The number of likely N-dealkylation sites (tertiary alicyclic amines) is 1. The van der Waals surface area contributed by atoms with Gasteiger partial charge in [0.25, 0.3) is 0 Å². The first-order chi connectivity index (χ1) is 9.91. The number of hydrogen-bond acceptors (Lipinski definition) is 4. The Hall–Kier alpha value is -0.610. The second kappa shape index (κ2) is 8.74. The van der Waals surface area contributed by atoms with Crippen LogP contribution in [0.3, 0.4) is 0 Å². The summed E-state index contributed by atoms with van der Waals surface area (Å²) in [5.41, 5.74) is -0.565. The second-order valence-corrected chi connectivity index (χ2v) is 6.92. The van der Waals surface area contributed by atoms with Gasteiger partial charge < -0.3 is 9.64 Å². The highest BCUT2D eigenvalue weighted by atomic mass is 16.5. The van der Waals surface area contributed by atoms with E-state index in [1.165, 1.54) is 39.5 Å². The van der Waals surface area contributed by atoms with E-state index in [9.17, 15) is 4.79 Å². The quantitative estimate of drug-likeness (QED) is 0.700. The van der Waals surface area contributed by atoms with E-state index in [4.69, 9.17) is 4.74 Å². The zero-order chi connectivity index (χ0) is 15.9.